The van der Waals surface area contributed by atoms with Gasteiger partial charge in [-0.1, -0.05) is 54.2 Å². The van der Waals surface area contributed by atoms with Crippen molar-refractivity contribution in [2.75, 3.05) is 31.1 Å². The molecule has 28 heavy (non-hydrogen) atoms. The standard InChI is InChI=1S/C23H25N3OS/c1-3-18-8-10-20-21(16-18)28-23(24-20)26-14-12-25(13-15-26)22(27)11-9-19-6-4-17(2)5-7-19/h4-11,16H,3,12-15H2,1-2H3/b11-9+. The zero-order valence-corrected chi connectivity index (χ0v) is 17.2. The molecule has 2 aromatic carbocycles. The van der Waals surface area contributed by atoms with Crippen LogP contribution in [0.2, 0.25) is 0 Å². The van der Waals surface area contributed by atoms with Crippen molar-refractivity contribution in [3.05, 3.63) is 65.2 Å². The van der Waals surface area contributed by atoms with Crippen LogP contribution in [0.25, 0.3) is 16.3 Å². The van der Waals surface area contributed by atoms with Gasteiger partial charge in [-0.15, -0.1) is 0 Å². The van der Waals surface area contributed by atoms with Gasteiger partial charge in [0.15, 0.2) is 5.13 Å². The summed E-state index contributed by atoms with van der Waals surface area (Å²) in [4.78, 5) is 21.5. The number of nitrogens with zero attached hydrogens (tertiary/aromatic N) is 3. The molecule has 1 saturated heterocycles. The van der Waals surface area contributed by atoms with E-state index in [4.69, 9.17) is 4.98 Å². The molecule has 0 unspecified atom stereocenters. The summed E-state index contributed by atoms with van der Waals surface area (Å²) < 4.78 is 1.24. The van der Waals surface area contributed by atoms with Gasteiger partial charge in [-0.2, -0.15) is 0 Å². The first-order valence-corrected chi connectivity index (χ1v) is 10.6. The van der Waals surface area contributed by atoms with Gasteiger partial charge in [0.05, 0.1) is 10.2 Å². The number of anilines is 1. The first-order valence-electron chi connectivity index (χ1n) is 9.80. The van der Waals surface area contributed by atoms with Crippen molar-refractivity contribution in [1.82, 2.24) is 9.88 Å². The largest absolute Gasteiger partial charge is 0.345 e. The summed E-state index contributed by atoms with van der Waals surface area (Å²) >= 11 is 1.75. The molecule has 0 atom stereocenters. The monoisotopic (exact) mass is 391 g/mol. The zero-order valence-electron chi connectivity index (χ0n) is 16.4. The number of amides is 1. The van der Waals surface area contributed by atoms with Crippen molar-refractivity contribution < 1.29 is 4.79 Å². The van der Waals surface area contributed by atoms with Crippen LogP contribution in [0.3, 0.4) is 0 Å². The maximum atomic E-state index is 12.5. The van der Waals surface area contributed by atoms with Gasteiger partial charge in [-0.3, -0.25) is 4.79 Å². The number of aromatic nitrogens is 1. The molecule has 144 valence electrons. The highest BCUT2D eigenvalue weighted by Gasteiger charge is 2.22. The van der Waals surface area contributed by atoms with Crippen molar-refractivity contribution in [3.8, 4) is 0 Å². The van der Waals surface area contributed by atoms with Gasteiger partial charge in [0.25, 0.3) is 0 Å². The quantitative estimate of drug-likeness (QED) is 0.613. The van der Waals surface area contributed by atoms with E-state index >= 15 is 0 Å². The predicted molar refractivity (Wildman–Crippen MR) is 118 cm³/mol. The molecule has 0 saturated carbocycles. The Kier molecular flexibility index (Phi) is 5.44. The molecule has 5 heteroatoms. The Balaban J connectivity index is 1.37. The molecule has 1 aliphatic rings. The second-order valence-corrected chi connectivity index (χ2v) is 8.22. The normalized spacial score (nSPS) is 14.9. The lowest BCUT2D eigenvalue weighted by atomic mass is 10.1. The number of piperazine rings is 1. The zero-order chi connectivity index (χ0) is 19.5. The summed E-state index contributed by atoms with van der Waals surface area (Å²) in [6.45, 7) is 7.34. The highest BCUT2D eigenvalue weighted by molar-refractivity contribution is 7.22. The van der Waals surface area contributed by atoms with E-state index in [2.05, 4.69) is 49.1 Å². The lowest BCUT2D eigenvalue weighted by Gasteiger charge is -2.34. The predicted octanol–water partition coefficient (Wildman–Crippen LogP) is 4.53. The van der Waals surface area contributed by atoms with E-state index in [1.807, 2.05) is 23.1 Å². The Labute approximate surface area is 170 Å². The molecule has 0 radical (unpaired) electrons. The topological polar surface area (TPSA) is 36.4 Å². The average molecular weight is 392 g/mol. The van der Waals surface area contributed by atoms with Crippen molar-refractivity contribution in [2.45, 2.75) is 20.3 Å². The second kappa shape index (κ2) is 8.15. The van der Waals surface area contributed by atoms with Crippen LogP contribution in [0.4, 0.5) is 5.13 Å². The fourth-order valence-electron chi connectivity index (χ4n) is 3.38. The van der Waals surface area contributed by atoms with Gasteiger partial charge in [0.1, 0.15) is 0 Å². The number of fused-ring (bicyclic) bond motifs is 1. The van der Waals surface area contributed by atoms with Gasteiger partial charge in [-0.25, -0.2) is 4.98 Å². The molecule has 2 heterocycles. The van der Waals surface area contributed by atoms with E-state index in [0.29, 0.717) is 0 Å². The fraction of sp³-hybridized carbons (Fsp3) is 0.304. The van der Waals surface area contributed by atoms with Crippen LogP contribution in [-0.2, 0) is 11.2 Å². The molecule has 0 spiro atoms. The number of carbonyl (C=O) groups is 1. The SMILES string of the molecule is CCc1ccc2nc(N3CCN(C(=O)/C=C/c4ccc(C)cc4)CC3)sc2c1. The Hall–Kier alpha value is -2.66. The molecule has 0 bridgehead atoms. The average Bonchev–Trinajstić information content (AvgIpc) is 3.16. The number of carbonyl (C=O) groups excluding carboxylic acids is 1. The minimum atomic E-state index is 0.0807. The summed E-state index contributed by atoms with van der Waals surface area (Å²) in [5.74, 6) is 0.0807. The lowest BCUT2D eigenvalue weighted by molar-refractivity contribution is -0.126. The van der Waals surface area contributed by atoms with Gasteiger partial charge >= 0.3 is 0 Å². The van der Waals surface area contributed by atoms with E-state index < -0.39 is 0 Å². The van der Waals surface area contributed by atoms with Crippen LogP contribution in [0, 0.1) is 6.92 Å². The van der Waals surface area contributed by atoms with E-state index in [1.165, 1.54) is 15.8 Å². The van der Waals surface area contributed by atoms with Crippen LogP contribution in [0.15, 0.2) is 48.5 Å². The van der Waals surface area contributed by atoms with Crippen molar-refractivity contribution in [1.29, 1.82) is 0 Å². The van der Waals surface area contributed by atoms with E-state index in [1.54, 1.807) is 17.4 Å². The Bertz CT molecular complexity index is 998. The first kappa shape index (κ1) is 18.7. The summed E-state index contributed by atoms with van der Waals surface area (Å²) in [7, 11) is 0. The summed E-state index contributed by atoms with van der Waals surface area (Å²) in [5, 5.41) is 1.06. The van der Waals surface area contributed by atoms with Gasteiger partial charge in [0, 0.05) is 32.3 Å². The summed E-state index contributed by atoms with van der Waals surface area (Å²) in [6, 6.07) is 14.7. The van der Waals surface area contributed by atoms with Crippen molar-refractivity contribution in [2.24, 2.45) is 0 Å². The number of hydrogen-bond donors (Lipinski definition) is 0. The smallest absolute Gasteiger partial charge is 0.246 e. The number of thiazole rings is 1. The summed E-state index contributed by atoms with van der Waals surface area (Å²) in [6.07, 6.45) is 4.62. The third-order valence-corrected chi connectivity index (χ3v) is 6.29. The van der Waals surface area contributed by atoms with Crippen LogP contribution < -0.4 is 4.90 Å². The van der Waals surface area contributed by atoms with Crippen molar-refractivity contribution in [3.63, 3.8) is 0 Å². The molecular weight excluding hydrogens is 366 g/mol. The van der Waals surface area contributed by atoms with Gasteiger partial charge in [0.2, 0.25) is 5.91 Å². The third-order valence-electron chi connectivity index (χ3n) is 5.21. The van der Waals surface area contributed by atoms with Crippen LogP contribution >= 0.6 is 11.3 Å². The molecule has 3 aromatic rings. The third kappa shape index (κ3) is 4.09. The number of rotatable bonds is 4. The molecule has 0 N–H and O–H groups in total. The summed E-state index contributed by atoms with van der Waals surface area (Å²) in [5.41, 5.74) is 4.69. The van der Waals surface area contributed by atoms with E-state index in [-0.39, 0.29) is 5.91 Å². The molecule has 1 aromatic heterocycles. The highest BCUT2D eigenvalue weighted by atomic mass is 32.1. The Morgan fingerprint density at radius 2 is 1.86 bits per heavy atom. The molecule has 1 aliphatic heterocycles. The highest BCUT2D eigenvalue weighted by Crippen LogP contribution is 2.30. The Morgan fingerprint density at radius 1 is 1.11 bits per heavy atom. The van der Waals surface area contributed by atoms with Crippen LogP contribution in [0.1, 0.15) is 23.6 Å². The van der Waals surface area contributed by atoms with Gasteiger partial charge in [-0.05, 0) is 42.7 Å². The molecule has 4 rings (SSSR count). The minimum Gasteiger partial charge on any atom is -0.345 e. The van der Waals surface area contributed by atoms with Gasteiger partial charge < -0.3 is 9.80 Å². The molecule has 4 nitrogen and oxygen atoms in total. The lowest BCUT2D eigenvalue weighted by Crippen LogP contribution is -2.48. The number of aryl methyl sites for hydroxylation is 2. The van der Waals surface area contributed by atoms with E-state index in [9.17, 15) is 4.79 Å². The van der Waals surface area contributed by atoms with Crippen molar-refractivity contribution >= 4 is 38.7 Å². The maximum absolute atomic E-state index is 12.5. The van der Waals surface area contributed by atoms with Crippen LogP contribution in [0.5, 0.6) is 0 Å². The van der Waals surface area contributed by atoms with Crippen LogP contribution in [-0.4, -0.2) is 42.0 Å². The number of benzene rings is 2. The molecule has 0 aliphatic carbocycles. The fourth-order valence-corrected chi connectivity index (χ4v) is 4.46. The number of hydrogen-bond acceptors (Lipinski definition) is 4. The van der Waals surface area contributed by atoms with E-state index in [0.717, 1.165) is 48.8 Å². The maximum Gasteiger partial charge on any atom is 0.246 e. The molecule has 1 amide bonds. The molecule has 1 fully saturated rings. The second-order valence-electron chi connectivity index (χ2n) is 7.21. The first-order chi connectivity index (χ1) is 13.6. The molecular formula is C23H25N3OS. The minimum absolute atomic E-state index is 0.0807. The Morgan fingerprint density at radius 3 is 2.57 bits per heavy atom.